The van der Waals surface area contributed by atoms with Crippen molar-refractivity contribution in [3.63, 3.8) is 0 Å². The van der Waals surface area contributed by atoms with Crippen LogP contribution in [-0.4, -0.2) is 15.9 Å². The van der Waals surface area contributed by atoms with Crippen LogP contribution in [0, 0.1) is 6.92 Å². The number of rotatable bonds is 5. The molecule has 0 aliphatic rings. The van der Waals surface area contributed by atoms with E-state index in [9.17, 15) is 4.79 Å². The van der Waals surface area contributed by atoms with Crippen LogP contribution in [0.15, 0.2) is 55.0 Å². The average molecular weight is 325 g/mol. The van der Waals surface area contributed by atoms with E-state index in [0.29, 0.717) is 23.1 Å². The van der Waals surface area contributed by atoms with Gasteiger partial charge in [-0.15, -0.1) is 11.3 Å². The normalized spacial score (nSPS) is 10.3. The van der Waals surface area contributed by atoms with Crippen LogP contribution in [0.1, 0.15) is 20.8 Å². The Balaban J connectivity index is 1.73. The molecule has 0 aliphatic carbocycles. The molecule has 116 valence electrons. The first kappa shape index (κ1) is 15.2. The van der Waals surface area contributed by atoms with Crippen LogP contribution in [0.2, 0.25) is 0 Å². The van der Waals surface area contributed by atoms with E-state index in [1.165, 1.54) is 11.3 Å². The molecule has 5 nitrogen and oxygen atoms in total. The maximum atomic E-state index is 12.4. The monoisotopic (exact) mass is 325 g/mol. The third-order valence-electron chi connectivity index (χ3n) is 3.12. The summed E-state index contributed by atoms with van der Waals surface area (Å²) in [4.78, 5) is 21.6. The summed E-state index contributed by atoms with van der Waals surface area (Å²) in [5, 5.41) is 3.38. The second kappa shape index (κ2) is 7.02. The fourth-order valence-electron chi connectivity index (χ4n) is 2.00. The second-order valence-electron chi connectivity index (χ2n) is 4.87. The first-order valence-electron chi connectivity index (χ1n) is 7.07. The van der Waals surface area contributed by atoms with Crippen LogP contribution >= 0.6 is 11.3 Å². The molecule has 3 aromatic rings. The molecule has 0 spiro atoms. The van der Waals surface area contributed by atoms with E-state index < -0.39 is 0 Å². The predicted octanol–water partition coefficient (Wildman–Crippen LogP) is 3.68. The van der Waals surface area contributed by atoms with Crippen molar-refractivity contribution in [1.29, 1.82) is 0 Å². The van der Waals surface area contributed by atoms with E-state index in [1.807, 2.05) is 25.1 Å². The number of hydrogen-bond donors (Lipinski definition) is 1. The second-order valence-corrected chi connectivity index (χ2v) is 6.11. The van der Waals surface area contributed by atoms with Gasteiger partial charge in [0.05, 0.1) is 5.56 Å². The van der Waals surface area contributed by atoms with Crippen molar-refractivity contribution < 1.29 is 9.53 Å². The van der Waals surface area contributed by atoms with Gasteiger partial charge < -0.3 is 4.74 Å². The van der Waals surface area contributed by atoms with Crippen LogP contribution < -0.4 is 10.1 Å². The van der Waals surface area contributed by atoms with Gasteiger partial charge in [0.25, 0.3) is 5.91 Å². The Bertz CT molecular complexity index is 802. The van der Waals surface area contributed by atoms with Gasteiger partial charge in [-0.25, -0.2) is 4.98 Å². The molecule has 23 heavy (non-hydrogen) atoms. The highest BCUT2D eigenvalue weighted by Gasteiger charge is 2.13. The smallest absolute Gasteiger partial charge is 0.261 e. The van der Waals surface area contributed by atoms with Crippen molar-refractivity contribution in [3.05, 3.63) is 71.0 Å². The van der Waals surface area contributed by atoms with Gasteiger partial charge in [0.1, 0.15) is 12.4 Å². The molecule has 1 amide bonds. The zero-order chi connectivity index (χ0) is 16.1. The van der Waals surface area contributed by atoms with Crippen molar-refractivity contribution in [2.24, 2.45) is 0 Å². The lowest BCUT2D eigenvalue weighted by Gasteiger charge is -2.10. The first-order chi connectivity index (χ1) is 11.2. The third kappa shape index (κ3) is 3.92. The number of amides is 1. The maximum Gasteiger partial charge on any atom is 0.261 e. The zero-order valence-corrected chi connectivity index (χ0v) is 13.3. The number of aromatic nitrogens is 2. The van der Waals surface area contributed by atoms with Crippen molar-refractivity contribution in [3.8, 4) is 5.75 Å². The molecule has 2 aromatic heterocycles. The molecule has 0 unspecified atom stereocenters. The number of aryl methyl sites for hydroxylation is 1. The quantitative estimate of drug-likeness (QED) is 0.777. The number of para-hydroxylation sites is 1. The number of nitrogens with zero attached hydrogens (tertiary/aromatic N) is 2. The number of carbonyl (C=O) groups excluding carboxylic acids is 1. The van der Waals surface area contributed by atoms with Gasteiger partial charge in [0.2, 0.25) is 0 Å². The fraction of sp³-hybridized carbons (Fsp3) is 0.118. The van der Waals surface area contributed by atoms with Crippen molar-refractivity contribution >= 4 is 22.4 Å². The summed E-state index contributed by atoms with van der Waals surface area (Å²) in [6.07, 6.45) is 5.15. The lowest BCUT2D eigenvalue weighted by atomic mass is 10.2. The van der Waals surface area contributed by atoms with E-state index in [4.69, 9.17) is 4.74 Å². The van der Waals surface area contributed by atoms with Crippen LogP contribution in [0.3, 0.4) is 0 Å². The van der Waals surface area contributed by atoms with Gasteiger partial charge in [0.15, 0.2) is 5.13 Å². The molecule has 0 saturated heterocycles. The van der Waals surface area contributed by atoms with E-state index >= 15 is 0 Å². The number of ether oxygens (including phenoxy) is 1. The Morgan fingerprint density at radius 3 is 2.74 bits per heavy atom. The minimum atomic E-state index is -0.232. The molecule has 0 atom stereocenters. The van der Waals surface area contributed by atoms with Crippen LogP contribution in [0.25, 0.3) is 0 Å². The van der Waals surface area contributed by atoms with E-state index in [2.05, 4.69) is 15.3 Å². The van der Waals surface area contributed by atoms with Crippen molar-refractivity contribution in [2.75, 3.05) is 5.32 Å². The van der Waals surface area contributed by atoms with Gasteiger partial charge in [0, 0.05) is 23.5 Å². The molecule has 6 heteroatoms. The van der Waals surface area contributed by atoms with Gasteiger partial charge in [-0.1, -0.05) is 12.1 Å². The highest BCUT2D eigenvalue weighted by atomic mass is 32.1. The minimum absolute atomic E-state index is 0.232. The zero-order valence-electron chi connectivity index (χ0n) is 12.5. The Kier molecular flexibility index (Phi) is 4.63. The Hall–Kier alpha value is -2.73. The molecule has 2 heterocycles. The summed E-state index contributed by atoms with van der Waals surface area (Å²) in [6, 6.07) is 10.9. The molecule has 3 rings (SSSR count). The van der Waals surface area contributed by atoms with E-state index in [0.717, 1.165) is 10.4 Å². The number of thiazole rings is 1. The summed E-state index contributed by atoms with van der Waals surface area (Å²) in [5.74, 6) is 0.305. The first-order valence-corrected chi connectivity index (χ1v) is 7.88. The summed E-state index contributed by atoms with van der Waals surface area (Å²) in [6.45, 7) is 2.32. The minimum Gasteiger partial charge on any atom is -0.488 e. The molecular weight excluding hydrogens is 310 g/mol. The molecule has 0 radical (unpaired) electrons. The Morgan fingerprint density at radius 1 is 1.22 bits per heavy atom. The van der Waals surface area contributed by atoms with Crippen molar-refractivity contribution in [2.45, 2.75) is 13.5 Å². The van der Waals surface area contributed by atoms with Gasteiger partial charge in [-0.2, -0.15) is 0 Å². The number of pyridine rings is 1. The van der Waals surface area contributed by atoms with Crippen LogP contribution in [0.4, 0.5) is 5.13 Å². The van der Waals surface area contributed by atoms with Crippen molar-refractivity contribution in [1.82, 2.24) is 9.97 Å². The lowest BCUT2D eigenvalue weighted by Crippen LogP contribution is -2.13. The molecule has 1 aromatic carbocycles. The summed E-state index contributed by atoms with van der Waals surface area (Å²) in [7, 11) is 0. The number of anilines is 1. The lowest BCUT2D eigenvalue weighted by molar-refractivity contribution is 0.102. The van der Waals surface area contributed by atoms with Gasteiger partial charge >= 0.3 is 0 Å². The number of hydrogen-bond acceptors (Lipinski definition) is 5. The Labute approximate surface area is 138 Å². The fourth-order valence-corrected chi connectivity index (χ4v) is 2.66. The third-order valence-corrected chi connectivity index (χ3v) is 3.95. The van der Waals surface area contributed by atoms with Gasteiger partial charge in [-0.3, -0.25) is 15.1 Å². The molecular formula is C17H15N3O2S. The van der Waals surface area contributed by atoms with E-state index in [-0.39, 0.29) is 5.91 Å². The molecule has 0 saturated carbocycles. The molecule has 0 fully saturated rings. The summed E-state index contributed by atoms with van der Waals surface area (Å²) in [5.41, 5.74) is 1.47. The average Bonchev–Trinajstić information content (AvgIpc) is 2.99. The highest BCUT2D eigenvalue weighted by molar-refractivity contribution is 7.15. The van der Waals surface area contributed by atoms with E-state index in [1.54, 1.807) is 36.8 Å². The SMILES string of the molecule is Cc1cnc(NC(=O)c2ccccc2OCc2ccncc2)s1. The summed E-state index contributed by atoms with van der Waals surface area (Å²) >= 11 is 1.44. The van der Waals surface area contributed by atoms with Crippen LogP contribution in [0.5, 0.6) is 5.75 Å². The highest BCUT2D eigenvalue weighted by Crippen LogP contribution is 2.22. The largest absolute Gasteiger partial charge is 0.488 e. The molecule has 0 bridgehead atoms. The maximum absolute atomic E-state index is 12.4. The predicted molar refractivity (Wildman–Crippen MR) is 89.8 cm³/mol. The number of nitrogens with one attached hydrogen (secondary N) is 1. The number of benzene rings is 1. The molecule has 1 N–H and O–H groups in total. The number of carbonyl (C=O) groups is 1. The van der Waals surface area contributed by atoms with Crippen LogP contribution in [-0.2, 0) is 6.61 Å². The Morgan fingerprint density at radius 2 is 2.00 bits per heavy atom. The topological polar surface area (TPSA) is 64.1 Å². The summed E-state index contributed by atoms with van der Waals surface area (Å²) < 4.78 is 5.78. The molecule has 0 aliphatic heterocycles. The standard InChI is InChI=1S/C17H15N3O2S/c1-12-10-19-17(23-12)20-16(21)14-4-2-3-5-15(14)22-11-13-6-8-18-9-7-13/h2-10H,11H2,1H3,(H,19,20,21). The van der Waals surface area contributed by atoms with Gasteiger partial charge in [-0.05, 0) is 36.8 Å².